The van der Waals surface area contributed by atoms with Gasteiger partial charge in [0.15, 0.2) is 5.82 Å². The lowest BCUT2D eigenvalue weighted by Crippen LogP contribution is -2.39. The Bertz CT molecular complexity index is 868. The zero-order valence-corrected chi connectivity index (χ0v) is 16.6. The summed E-state index contributed by atoms with van der Waals surface area (Å²) in [6.07, 6.45) is 4.90. The Morgan fingerprint density at radius 3 is 2.79 bits per heavy atom. The standard InChI is InChI=1S/C21H26N4O3/c1-4-19(26)25-12-8-7-10-17(25)20-22-13-15(14(2)23-20)21(27)24-16-9-5-6-11-18(16)28-3/h5-6,9,11,13,17H,4,7-8,10,12H2,1-3H3,(H,24,27). The minimum Gasteiger partial charge on any atom is -0.495 e. The number of nitrogens with one attached hydrogen (secondary N) is 1. The van der Waals surface area contributed by atoms with Gasteiger partial charge in [0.2, 0.25) is 5.91 Å². The number of ether oxygens (including phenoxy) is 1. The molecule has 7 heteroatoms. The number of benzene rings is 1. The number of aromatic nitrogens is 2. The summed E-state index contributed by atoms with van der Waals surface area (Å²) in [7, 11) is 1.56. The summed E-state index contributed by atoms with van der Waals surface area (Å²) in [5, 5.41) is 2.85. The summed E-state index contributed by atoms with van der Waals surface area (Å²) < 4.78 is 5.27. The van der Waals surface area contributed by atoms with E-state index >= 15 is 0 Å². The second kappa shape index (κ2) is 8.82. The van der Waals surface area contributed by atoms with Crippen molar-refractivity contribution in [2.75, 3.05) is 19.0 Å². The second-order valence-corrected chi connectivity index (χ2v) is 6.83. The topological polar surface area (TPSA) is 84.4 Å². The summed E-state index contributed by atoms with van der Waals surface area (Å²) in [6.45, 7) is 4.39. The smallest absolute Gasteiger partial charge is 0.259 e. The molecule has 0 bridgehead atoms. The maximum Gasteiger partial charge on any atom is 0.259 e. The zero-order chi connectivity index (χ0) is 20.1. The minimum absolute atomic E-state index is 0.115. The third kappa shape index (κ3) is 4.13. The number of aryl methyl sites for hydroxylation is 1. The molecule has 2 aromatic rings. The van der Waals surface area contributed by atoms with Gasteiger partial charge in [-0.25, -0.2) is 9.97 Å². The molecule has 2 heterocycles. The van der Waals surface area contributed by atoms with Gasteiger partial charge in [-0.3, -0.25) is 9.59 Å². The van der Waals surface area contributed by atoms with Crippen LogP contribution < -0.4 is 10.1 Å². The molecule has 0 radical (unpaired) electrons. The number of carbonyl (C=O) groups excluding carboxylic acids is 2. The van der Waals surface area contributed by atoms with Crippen LogP contribution in [0.5, 0.6) is 5.75 Å². The van der Waals surface area contributed by atoms with E-state index in [0.29, 0.717) is 34.9 Å². The minimum atomic E-state index is -0.293. The number of rotatable bonds is 5. The van der Waals surface area contributed by atoms with E-state index in [1.807, 2.05) is 24.0 Å². The number of methoxy groups -OCH3 is 1. The Morgan fingerprint density at radius 1 is 1.29 bits per heavy atom. The van der Waals surface area contributed by atoms with Gasteiger partial charge in [-0.2, -0.15) is 0 Å². The fourth-order valence-corrected chi connectivity index (χ4v) is 3.51. The van der Waals surface area contributed by atoms with Gasteiger partial charge in [-0.05, 0) is 38.3 Å². The number of nitrogens with zero attached hydrogens (tertiary/aromatic N) is 3. The second-order valence-electron chi connectivity index (χ2n) is 6.83. The van der Waals surface area contributed by atoms with Crippen LogP contribution in [0.3, 0.4) is 0 Å². The third-order valence-electron chi connectivity index (χ3n) is 5.02. The summed E-state index contributed by atoms with van der Waals surface area (Å²) in [6, 6.07) is 7.10. The first-order valence-corrected chi connectivity index (χ1v) is 9.62. The van der Waals surface area contributed by atoms with Crippen LogP contribution in [0.25, 0.3) is 0 Å². The molecule has 1 aromatic heterocycles. The van der Waals surface area contributed by atoms with E-state index in [1.165, 1.54) is 0 Å². The maximum atomic E-state index is 12.7. The lowest BCUT2D eigenvalue weighted by Gasteiger charge is -2.34. The summed E-state index contributed by atoms with van der Waals surface area (Å²) >= 11 is 0. The monoisotopic (exact) mass is 382 g/mol. The van der Waals surface area contributed by atoms with E-state index in [9.17, 15) is 9.59 Å². The van der Waals surface area contributed by atoms with Crippen molar-refractivity contribution in [3.8, 4) is 5.75 Å². The Labute approximate surface area is 165 Å². The van der Waals surface area contributed by atoms with Crippen molar-refractivity contribution in [2.24, 2.45) is 0 Å². The van der Waals surface area contributed by atoms with E-state index in [0.717, 1.165) is 25.8 Å². The van der Waals surface area contributed by atoms with Crippen LogP contribution in [-0.2, 0) is 4.79 Å². The number of piperidine rings is 1. The zero-order valence-electron chi connectivity index (χ0n) is 16.6. The largest absolute Gasteiger partial charge is 0.495 e. The van der Waals surface area contributed by atoms with Crippen LogP contribution in [0.1, 0.15) is 60.5 Å². The Kier molecular flexibility index (Phi) is 6.23. The van der Waals surface area contributed by atoms with Crippen molar-refractivity contribution < 1.29 is 14.3 Å². The molecular formula is C21H26N4O3. The van der Waals surface area contributed by atoms with Crippen LogP contribution >= 0.6 is 0 Å². The van der Waals surface area contributed by atoms with Crippen molar-refractivity contribution >= 4 is 17.5 Å². The van der Waals surface area contributed by atoms with Gasteiger partial charge in [0, 0.05) is 19.2 Å². The van der Waals surface area contributed by atoms with Gasteiger partial charge in [0.25, 0.3) is 5.91 Å². The first kappa shape index (κ1) is 19.8. The third-order valence-corrected chi connectivity index (χ3v) is 5.02. The predicted molar refractivity (Wildman–Crippen MR) is 106 cm³/mol. The number of anilines is 1. The molecule has 1 aliphatic rings. The van der Waals surface area contributed by atoms with Crippen molar-refractivity contribution in [1.82, 2.24) is 14.9 Å². The highest BCUT2D eigenvalue weighted by Gasteiger charge is 2.29. The molecule has 148 valence electrons. The Balaban J connectivity index is 1.81. The molecule has 1 N–H and O–H groups in total. The number of likely N-dealkylation sites (tertiary alicyclic amines) is 1. The highest BCUT2D eigenvalue weighted by Crippen LogP contribution is 2.30. The van der Waals surface area contributed by atoms with Crippen molar-refractivity contribution in [3.63, 3.8) is 0 Å². The number of carbonyl (C=O) groups is 2. The van der Waals surface area contributed by atoms with Gasteiger partial charge >= 0.3 is 0 Å². The molecule has 2 amide bonds. The number of amides is 2. The SMILES string of the molecule is CCC(=O)N1CCCCC1c1ncc(C(=O)Nc2ccccc2OC)c(C)n1. The molecule has 1 saturated heterocycles. The van der Waals surface area contributed by atoms with Crippen molar-refractivity contribution in [1.29, 1.82) is 0 Å². The lowest BCUT2D eigenvalue weighted by atomic mass is 10.0. The highest BCUT2D eigenvalue weighted by molar-refractivity contribution is 6.05. The van der Waals surface area contributed by atoms with Gasteiger partial charge in [-0.15, -0.1) is 0 Å². The van der Waals surface area contributed by atoms with Crippen LogP contribution in [0.4, 0.5) is 5.69 Å². The molecule has 1 aliphatic heterocycles. The molecule has 3 rings (SSSR count). The molecular weight excluding hydrogens is 356 g/mol. The average Bonchev–Trinajstić information content (AvgIpc) is 2.73. The summed E-state index contributed by atoms with van der Waals surface area (Å²) in [4.78, 5) is 35.8. The van der Waals surface area contributed by atoms with Crippen LogP contribution in [0.2, 0.25) is 0 Å². The average molecular weight is 382 g/mol. The number of hydrogen-bond donors (Lipinski definition) is 1. The van der Waals surface area contributed by atoms with Crippen LogP contribution in [-0.4, -0.2) is 40.3 Å². The molecule has 0 aliphatic carbocycles. The van der Waals surface area contributed by atoms with Crippen LogP contribution in [0.15, 0.2) is 30.5 Å². The molecule has 1 unspecified atom stereocenters. The summed E-state index contributed by atoms with van der Waals surface area (Å²) in [5.41, 5.74) is 1.58. The number of para-hydroxylation sites is 2. The van der Waals surface area contributed by atoms with E-state index in [4.69, 9.17) is 4.74 Å². The van der Waals surface area contributed by atoms with E-state index in [1.54, 1.807) is 32.4 Å². The van der Waals surface area contributed by atoms with E-state index in [-0.39, 0.29) is 17.9 Å². The van der Waals surface area contributed by atoms with Crippen molar-refractivity contribution in [2.45, 2.75) is 45.6 Å². The van der Waals surface area contributed by atoms with Gasteiger partial charge in [0.05, 0.1) is 30.1 Å². The molecule has 28 heavy (non-hydrogen) atoms. The fourth-order valence-electron chi connectivity index (χ4n) is 3.51. The van der Waals surface area contributed by atoms with Gasteiger partial charge in [-0.1, -0.05) is 19.1 Å². The van der Waals surface area contributed by atoms with Gasteiger partial charge < -0.3 is 15.0 Å². The molecule has 1 atom stereocenters. The summed E-state index contributed by atoms with van der Waals surface area (Å²) in [5.74, 6) is 1.01. The predicted octanol–water partition coefficient (Wildman–Crippen LogP) is 3.51. The van der Waals surface area contributed by atoms with Crippen molar-refractivity contribution in [3.05, 3.63) is 47.5 Å². The van der Waals surface area contributed by atoms with E-state index < -0.39 is 0 Å². The highest BCUT2D eigenvalue weighted by atomic mass is 16.5. The fraction of sp³-hybridized carbons (Fsp3) is 0.429. The molecule has 1 fully saturated rings. The Hall–Kier alpha value is -2.96. The molecule has 0 saturated carbocycles. The molecule has 0 spiro atoms. The normalized spacial score (nSPS) is 16.5. The van der Waals surface area contributed by atoms with E-state index in [2.05, 4.69) is 15.3 Å². The van der Waals surface area contributed by atoms with Gasteiger partial charge in [0.1, 0.15) is 5.75 Å². The lowest BCUT2D eigenvalue weighted by molar-refractivity contribution is -0.134. The quantitative estimate of drug-likeness (QED) is 0.855. The molecule has 1 aromatic carbocycles. The first-order valence-electron chi connectivity index (χ1n) is 9.62. The molecule has 7 nitrogen and oxygen atoms in total. The maximum absolute atomic E-state index is 12.7. The van der Waals surface area contributed by atoms with Crippen LogP contribution in [0, 0.1) is 6.92 Å². The Morgan fingerprint density at radius 2 is 2.07 bits per heavy atom. The number of hydrogen-bond acceptors (Lipinski definition) is 5. The first-order chi connectivity index (χ1) is 13.5.